The molecule has 0 radical (unpaired) electrons. The summed E-state index contributed by atoms with van der Waals surface area (Å²) in [7, 11) is 0. The monoisotopic (exact) mass is 168 g/mol. The highest BCUT2D eigenvalue weighted by atomic mass is 16.2. The van der Waals surface area contributed by atoms with Gasteiger partial charge in [-0.15, -0.1) is 0 Å². The highest BCUT2D eigenvalue weighted by Gasteiger charge is 2.47. The maximum absolute atomic E-state index is 11.4. The lowest BCUT2D eigenvalue weighted by molar-refractivity contribution is -0.123. The largest absolute Gasteiger partial charge is 0.353 e. The van der Waals surface area contributed by atoms with Crippen molar-refractivity contribution in [2.24, 2.45) is 5.92 Å². The van der Waals surface area contributed by atoms with Crippen molar-refractivity contribution >= 4 is 5.91 Å². The van der Waals surface area contributed by atoms with Gasteiger partial charge < -0.3 is 10.6 Å². The molecule has 3 atom stereocenters. The molecule has 68 valence electrons. The molecule has 2 rings (SSSR count). The average molecular weight is 168 g/mol. The van der Waals surface area contributed by atoms with Gasteiger partial charge >= 0.3 is 0 Å². The average Bonchev–Trinajstić information content (AvgIpc) is 2.57. The van der Waals surface area contributed by atoms with Crippen LogP contribution >= 0.6 is 0 Å². The molecule has 1 saturated carbocycles. The Morgan fingerprint density at radius 1 is 1.50 bits per heavy atom. The lowest BCUT2D eigenvalue weighted by Gasteiger charge is -2.15. The van der Waals surface area contributed by atoms with Crippen LogP contribution in [0.1, 0.15) is 26.7 Å². The second-order valence-corrected chi connectivity index (χ2v) is 4.22. The van der Waals surface area contributed by atoms with Gasteiger partial charge in [0.05, 0.1) is 6.04 Å². The van der Waals surface area contributed by atoms with Crippen LogP contribution < -0.4 is 10.6 Å². The lowest BCUT2D eigenvalue weighted by Crippen LogP contribution is -2.44. The van der Waals surface area contributed by atoms with Crippen molar-refractivity contribution in [3.05, 3.63) is 0 Å². The van der Waals surface area contributed by atoms with Crippen molar-refractivity contribution < 1.29 is 4.79 Å². The fourth-order valence-electron chi connectivity index (χ4n) is 1.91. The molecule has 1 aliphatic carbocycles. The Kier molecular flexibility index (Phi) is 1.83. The van der Waals surface area contributed by atoms with Gasteiger partial charge in [-0.05, 0) is 32.6 Å². The van der Waals surface area contributed by atoms with E-state index in [2.05, 4.69) is 10.6 Å². The number of carbonyl (C=O) groups excluding carboxylic acids is 1. The SMILES string of the molecule is CC(C)NC(=O)[C@@H]1C[C@H]2C[C@H]2N1. The third-order valence-corrected chi connectivity index (χ3v) is 2.62. The Morgan fingerprint density at radius 2 is 2.25 bits per heavy atom. The van der Waals surface area contributed by atoms with Crippen LogP contribution in [-0.2, 0) is 4.79 Å². The van der Waals surface area contributed by atoms with Crippen LogP contribution in [0.5, 0.6) is 0 Å². The van der Waals surface area contributed by atoms with Gasteiger partial charge in [-0.3, -0.25) is 4.79 Å². The number of piperidine rings is 1. The van der Waals surface area contributed by atoms with E-state index < -0.39 is 0 Å². The summed E-state index contributed by atoms with van der Waals surface area (Å²) in [6.45, 7) is 3.99. The van der Waals surface area contributed by atoms with E-state index in [1.165, 1.54) is 6.42 Å². The minimum atomic E-state index is 0.0937. The first-order valence-corrected chi connectivity index (χ1v) is 4.73. The number of carbonyl (C=O) groups is 1. The van der Waals surface area contributed by atoms with Gasteiger partial charge in [-0.2, -0.15) is 0 Å². The lowest BCUT2D eigenvalue weighted by atomic mass is 10.1. The summed E-state index contributed by atoms with van der Waals surface area (Å²) < 4.78 is 0. The molecule has 2 aliphatic rings. The number of hydrogen-bond acceptors (Lipinski definition) is 2. The molecule has 3 nitrogen and oxygen atoms in total. The zero-order chi connectivity index (χ0) is 8.72. The number of hydrogen-bond donors (Lipinski definition) is 2. The molecule has 1 amide bonds. The van der Waals surface area contributed by atoms with Crippen LogP contribution in [0.4, 0.5) is 0 Å². The molecule has 2 fully saturated rings. The van der Waals surface area contributed by atoms with Crippen molar-refractivity contribution in [3.8, 4) is 0 Å². The molecule has 0 spiro atoms. The van der Waals surface area contributed by atoms with Gasteiger partial charge in [-0.1, -0.05) is 0 Å². The second-order valence-electron chi connectivity index (χ2n) is 4.22. The molecule has 1 aliphatic heterocycles. The van der Waals surface area contributed by atoms with E-state index in [9.17, 15) is 4.79 Å². The van der Waals surface area contributed by atoms with Crippen molar-refractivity contribution in [1.82, 2.24) is 10.6 Å². The number of amides is 1. The van der Waals surface area contributed by atoms with Gasteiger partial charge in [-0.25, -0.2) is 0 Å². The van der Waals surface area contributed by atoms with Gasteiger partial charge in [0.25, 0.3) is 0 Å². The molecular weight excluding hydrogens is 152 g/mol. The topological polar surface area (TPSA) is 41.1 Å². The molecule has 0 unspecified atom stereocenters. The Bertz CT molecular complexity index is 193. The zero-order valence-electron chi connectivity index (χ0n) is 7.63. The summed E-state index contributed by atoms with van der Waals surface area (Å²) >= 11 is 0. The predicted octanol–water partition coefficient (Wildman–Crippen LogP) is 0.261. The number of rotatable bonds is 2. The maximum atomic E-state index is 11.4. The first-order chi connectivity index (χ1) is 5.66. The molecule has 0 aromatic heterocycles. The van der Waals surface area contributed by atoms with E-state index in [1.807, 2.05) is 13.8 Å². The Balaban J connectivity index is 1.81. The van der Waals surface area contributed by atoms with Crippen molar-refractivity contribution in [2.45, 2.75) is 44.8 Å². The van der Waals surface area contributed by atoms with Crippen LogP contribution in [0, 0.1) is 5.92 Å². The summed E-state index contributed by atoms with van der Waals surface area (Å²) in [6.07, 6.45) is 2.33. The second kappa shape index (κ2) is 2.73. The third kappa shape index (κ3) is 1.46. The summed E-state index contributed by atoms with van der Waals surface area (Å²) in [5.41, 5.74) is 0. The van der Waals surface area contributed by atoms with Gasteiger partial charge in [0, 0.05) is 12.1 Å². The Hall–Kier alpha value is -0.570. The van der Waals surface area contributed by atoms with E-state index >= 15 is 0 Å². The smallest absolute Gasteiger partial charge is 0.237 e. The van der Waals surface area contributed by atoms with E-state index in [1.54, 1.807) is 0 Å². The maximum Gasteiger partial charge on any atom is 0.237 e. The summed E-state index contributed by atoms with van der Waals surface area (Å²) in [5.74, 6) is 0.977. The molecule has 1 heterocycles. The predicted molar refractivity (Wildman–Crippen MR) is 46.7 cm³/mol. The fraction of sp³-hybridized carbons (Fsp3) is 0.889. The normalized spacial score (nSPS) is 38.1. The molecule has 3 heteroatoms. The zero-order valence-corrected chi connectivity index (χ0v) is 7.63. The summed E-state index contributed by atoms with van der Waals surface area (Å²) in [4.78, 5) is 11.4. The van der Waals surface area contributed by atoms with Crippen LogP contribution in [0.3, 0.4) is 0 Å². The highest BCUT2D eigenvalue weighted by Crippen LogP contribution is 2.40. The van der Waals surface area contributed by atoms with E-state index in [4.69, 9.17) is 0 Å². The van der Waals surface area contributed by atoms with Gasteiger partial charge in [0.1, 0.15) is 0 Å². The van der Waals surface area contributed by atoms with Crippen LogP contribution in [0.25, 0.3) is 0 Å². The number of nitrogens with one attached hydrogen (secondary N) is 2. The van der Waals surface area contributed by atoms with Gasteiger partial charge in [0.2, 0.25) is 5.91 Å². The minimum Gasteiger partial charge on any atom is -0.353 e. The molecule has 0 bridgehead atoms. The van der Waals surface area contributed by atoms with E-state index in [0.29, 0.717) is 6.04 Å². The first kappa shape index (κ1) is 8.05. The van der Waals surface area contributed by atoms with Gasteiger partial charge in [0.15, 0.2) is 0 Å². The Morgan fingerprint density at radius 3 is 2.75 bits per heavy atom. The summed E-state index contributed by atoms with van der Waals surface area (Å²) in [6, 6.07) is 1.01. The minimum absolute atomic E-state index is 0.0937. The highest BCUT2D eigenvalue weighted by molar-refractivity contribution is 5.82. The van der Waals surface area contributed by atoms with Crippen LogP contribution in [0.2, 0.25) is 0 Å². The van der Waals surface area contributed by atoms with Crippen molar-refractivity contribution in [1.29, 1.82) is 0 Å². The van der Waals surface area contributed by atoms with E-state index in [0.717, 1.165) is 12.3 Å². The molecular formula is C9H16N2O. The molecule has 12 heavy (non-hydrogen) atoms. The third-order valence-electron chi connectivity index (χ3n) is 2.62. The standard InChI is InChI=1S/C9H16N2O/c1-5(2)10-9(12)8-4-6-3-7(6)11-8/h5-8,11H,3-4H2,1-2H3,(H,10,12)/t6-,7-,8+/m1/s1. The number of fused-ring (bicyclic) bond motifs is 1. The van der Waals surface area contributed by atoms with Crippen LogP contribution in [-0.4, -0.2) is 24.0 Å². The first-order valence-electron chi connectivity index (χ1n) is 4.73. The van der Waals surface area contributed by atoms with Crippen molar-refractivity contribution in [3.63, 3.8) is 0 Å². The summed E-state index contributed by atoms with van der Waals surface area (Å²) in [5, 5.41) is 6.25. The molecule has 0 aromatic rings. The quantitative estimate of drug-likeness (QED) is 0.621. The van der Waals surface area contributed by atoms with Crippen molar-refractivity contribution in [2.75, 3.05) is 0 Å². The Labute approximate surface area is 72.9 Å². The van der Waals surface area contributed by atoms with Crippen LogP contribution in [0.15, 0.2) is 0 Å². The molecule has 0 aromatic carbocycles. The van der Waals surface area contributed by atoms with E-state index in [-0.39, 0.29) is 18.0 Å². The fourth-order valence-corrected chi connectivity index (χ4v) is 1.91. The molecule has 2 N–H and O–H groups in total. The molecule has 1 saturated heterocycles.